The van der Waals surface area contributed by atoms with Gasteiger partial charge in [-0.3, -0.25) is 0 Å². The maximum atomic E-state index is 4.78. The summed E-state index contributed by atoms with van der Waals surface area (Å²) in [5.41, 5.74) is 1.23. The van der Waals surface area contributed by atoms with Crippen LogP contribution in [0.25, 0.3) is 0 Å². The van der Waals surface area contributed by atoms with Crippen LogP contribution >= 0.6 is 11.3 Å². The topological polar surface area (TPSA) is 24.9 Å². The number of nitrogens with one attached hydrogen (secondary N) is 1. The number of nitrogens with zero attached hydrogens (tertiary/aromatic N) is 1. The summed E-state index contributed by atoms with van der Waals surface area (Å²) in [4.78, 5) is 4.78. The van der Waals surface area contributed by atoms with Gasteiger partial charge in [0.2, 0.25) is 0 Å². The summed E-state index contributed by atoms with van der Waals surface area (Å²) in [5, 5.41) is 7.04. The second-order valence-corrected chi connectivity index (χ2v) is 5.74. The smallest absolute Gasteiger partial charge is 0.0960 e. The zero-order valence-electron chi connectivity index (χ0n) is 9.84. The summed E-state index contributed by atoms with van der Waals surface area (Å²) < 4.78 is 0. The Balaban J connectivity index is 2.11. The van der Waals surface area contributed by atoms with Crippen LogP contribution in [0.1, 0.15) is 56.7 Å². The van der Waals surface area contributed by atoms with Crippen molar-refractivity contribution >= 4 is 11.3 Å². The van der Waals surface area contributed by atoms with Gasteiger partial charge in [-0.15, -0.1) is 11.3 Å². The van der Waals surface area contributed by atoms with Gasteiger partial charge < -0.3 is 5.32 Å². The van der Waals surface area contributed by atoms with Gasteiger partial charge in [0.25, 0.3) is 0 Å². The first kappa shape index (κ1) is 11.1. The van der Waals surface area contributed by atoms with E-state index in [1.165, 1.54) is 30.0 Å². The molecule has 84 valence electrons. The summed E-state index contributed by atoms with van der Waals surface area (Å²) >= 11 is 1.84. The summed E-state index contributed by atoms with van der Waals surface area (Å²) in [6.07, 6.45) is 4.07. The molecule has 1 N–H and O–H groups in total. The molecule has 1 aromatic rings. The fourth-order valence-corrected chi connectivity index (χ4v) is 3.11. The summed E-state index contributed by atoms with van der Waals surface area (Å²) in [6.45, 7) is 7.54. The van der Waals surface area contributed by atoms with Crippen molar-refractivity contribution in [3.8, 4) is 0 Å². The predicted molar refractivity (Wildman–Crippen MR) is 65.4 cm³/mol. The zero-order valence-corrected chi connectivity index (χ0v) is 10.7. The van der Waals surface area contributed by atoms with Crippen LogP contribution in [0.15, 0.2) is 5.38 Å². The Labute approximate surface area is 96.1 Å². The summed E-state index contributed by atoms with van der Waals surface area (Å²) in [6, 6.07) is 0. The highest BCUT2D eigenvalue weighted by Crippen LogP contribution is 2.38. The van der Waals surface area contributed by atoms with E-state index in [1.807, 2.05) is 11.3 Å². The lowest BCUT2D eigenvalue weighted by molar-refractivity contribution is 0.394. The molecular weight excluding hydrogens is 204 g/mol. The van der Waals surface area contributed by atoms with Gasteiger partial charge in [-0.25, -0.2) is 4.98 Å². The minimum atomic E-state index is 0.0211. The van der Waals surface area contributed by atoms with Crippen molar-refractivity contribution < 1.29 is 0 Å². The average Bonchev–Trinajstić information content (AvgIpc) is 2.50. The van der Waals surface area contributed by atoms with E-state index in [0.29, 0.717) is 0 Å². The first-order valence-corrected chi connectivity index (χ1v) is 6.72. The fraction of sp³-hybridized carbons (Fsp3) is 0.750. The van der Waals surface area contributed by atoms with Crippen molar-refractivity contribution in [2.75, 3.05) is 6.54 Å². The standard InChI is InChI=1S/C12H20N2S/c1-4-13-12(2,3)10-8-15-11(14-10)9-6-5-7-9/h8-9,13H,4-7H2,1-3H3. The molecule has 1 heterocycles. The van der Waals surface area contributed by atoms with Crippen LogP contribution in [0.4, 0.5) is 0 Å². The van der Waals surface area contributed by atoms with Crippen LogP contribution in [-0.4, -0.2) is 11.5 Å². The van der Waals surface area contributed by atoms with Gasteiger partial charge in [-0.1, -0.05) is 13.3 Å². The first-order chi connectivity index (χ1) is 7.13. The zero-order chi connectivity index (χ0) is 10.9. The van der Waals surface area contributed by atoms with Crippen LogP contribution in [-0.2, 0) is 5.54 Å². The highest BCUT2D eigenvalue weighted by atomic mass is 32.1. The third kappa shape index (κ3) is 2.23. The van der Waals surface area contributed by atoms with Crippen LogP contribution in [0.5, 0.6) is 0 Å². The second-order valence-electron chi connectivity index (χ2n) is 4.85. The van der Waals surface area contributed by atoms with Gasteiger partial charge in [0, 0.05) is 11.3 Å². The quantitative estimate of drug-likeness (QED) is 0.849. The molecule has 3 heteroatoms. The maximum absolute atomic E-state index is 4.78. The minimum Gasteiger partial charge on any atom is -0.307 e. The first-order valence-electron chi connectivity index (χ1n) is 5.84. The van der Waals surface area contributed by atoms with Gasteiger partial charge >= 0.3 is 0 Å². The number of hydrogen-bond acceptors (Lipinski definition) is 3. The molecule has 0 radical (unpaired) electrons. The highest BCUT2D eigenvalue weighted by Gasteiger charge is 2.26. The largest absolute Gasteiger partial charge is 0.307 e. The molecule has 1 aromatic heterocycles. The molecule has 1 aliphatic carbocycles. The van der Waals surface area contributed by atoms with Crippen molar-refractivity contribution in [2.45, 2.75) is 51.5 Å². The molecule has 0 spiro atoms. The molecule has 1 fully saturated rings. The summed E-state index contributed by atoms with van der Waals surface area (Å²) in [7, 11) is 0. The maximum Gasteiger partial charge on any atom is 0.0960 e. The molecule has 15 heavy (non-hydrogen) atoms. The van der Waals surface area contributed by atoms with Crippen molar-refractivity contribution in [1.29, 1.82) is 0 Å². The van der Waals surface area contributed by atoms with E-state index in [4.69, 9.17) is 4.98 Å². The van der Waals surface area contributed by atoms with E-state index in [2.05, 4.69) is 31.5 Å². The van der Waals surface area contributed by atoms with E-state index >= 15 is 0 Å². The molecule has 0 bridgehead atoms. The second kappa shape index (κ2) is 4.22. The lowest BCUT2D eigenvalue weighted by Gasteiger charge is -2.25. The van der Waals surface area contributed by atoms with E-state index in [0.717, 1.165) is 12.5 Å². The molecule has 0 aliphatic heterocycles. The molecule has 1 saturated carbocycles. The lowest BCUT2D eigenvalue weighted by atomic mass is 9.86. The minimum absolute atomic E-state index is 0.0211. The van der Waals surface area contributed by atoms with Gasteiger partial charge in [0.1, 0.15) is 0 Å². The van der Waals surface area contributed by atoms with Crippen molar-refractivity contribution in [3.63, 3.8) is 0 Å². The highest BCUT2D eigenvalue weighted by molar-refractivity contribution is 7.09. The van der Waals surface area contributed by atoms with Crippen molar-refractivity contribution in [1.82, 2.24) is 10.3 Å². The average molecular weight is 224 g/mol. The molecule has 0 saturated heterocycles. The molecule has 0 amide bonds. The van der Waals surface area contributed by atoms with Crippen LogP contribution < -0.4 is 5.32 Å². The van der Waals surface area contributed by atoms with Crippen LogP contribution in [0.3, 0.4) is 0 Å². The van der Waals surface area contributed by atoms with E-state index < -0.39 is 0 Å². The Morgan fingerprint density at radius 2 is 2.27 bits per heavy atom. The molecule has 2 nitrogen and oxygen atoms in total. The van der Waals surface area contributed by atoms with Gasteiger partial charge in [0.05, 0.1) is 16.2 Å². The van der Waals surface area contributed by atoms with E-state index in [9.17, 15) is 0 Å². The van der Waals surface area contributed by atoms with Crippen LogP contribution in [0, 0.1) is 0 Å². The number of hydrogen-bond donors (Lipinski definition) is 1. The summed E-state index contributed by atoms with van der Waals surface area (Å²) in [5.74, 6) is 0.765. The third-order valence-corrected chi connectivity index (χ3v) is 4.24. The monoisotopic (exact) mass is 224 g/mol. The molecule has 0 aromatic carbocycles. The number of thiazole rings is 1. The van der Waals surface area contributed by atoms with Gasteiger partial charge in [-0.2, -0.15) is 0 Å². The Morgan fingerprint density at radius 3 is 2.80 bits per heavy atom. The molecule has 0 atom stereocenters. The van der Waals surface area contributed by atoms with Crippen molar-refractivity contribution in [3.05, 3.63) is 16.1 Å². The van der Waals surface area contributed by atoms with E-state index in [1.54, 1.807) is 0 Å². The Hall–Kier alpha value is -0.410. The Kier molecular flexibility index (Phi) is 3.12. The Morgan fingerprint density at radius 1 is 1.53 bits per heavy atom. The Bertz CT molecular complexity index is 326. The van der Waals surface area contributed by atoms with E-state index in [-0.39, 0.29) is 5.54 Å². The third-order valence-electron chi connectivity index (χ3n) is 3.24. The van der Waals surface area contributed by atoms with Crippen molar-refractivity contribution in [2.24, 2.45) is 0 Å². The molecule has 2 rings (SSSR count). The normalized spacial score (nSPS) is 17.8. The number of rotatable bonds is 4. The lowest BCUT2D eigenvalue weighted by Crippen LogP contribution is -2.36. The molecule has 1 aliphatic rings. The molecule has 0 unspecified atom stereocenters. The number of aromatic nitrogens is 1. The van der Waals surface area contributed by atoms with Crippen LogP contribution in [0.2, 0.25) is 0 Å². The predicted octanol–water partition coefficient (Wildman–Crippen LogP) is 3.26. The van der Waals surface area contributed by atoms with Gasteiger partial charge in [0.15, 0.2) is 0 Å². The fourth-order valence-electron chi connectivity index (χ4n) is 1.95. The van der Waals surface area contributed by atoms with Gasteiger partial charge in [-0.05, 0) is 33.2 Å². The molecular formula is C12H20N2S. The SMILES string of the molecule is CCNC(C)(C)c1csc(C2CCC2)n1.